The number of aromatic hydroxyl groups is 1. The lowest BCUT2D eigenvalue weighted by atomic mass is 10.1. The molecule has 2 aromatic carbocycles. The number of amides is 1. The number of hydrogen-bond acceptors (Lipinski definition) is 5. The first-order chi connectivity index (χ1) is 11.4. The topological polar surface area (TPSA) is 84.9 Å². The zero-order chi connectivity index (χ0) is 17.7. The second-order valence-corrected chi connectivity index (χ2v) is 5.34. The number of halogens is 1. The molecule has 0 saturated heterocycles. The van der Waals surface area contributed by atoms with Gasteiger partial charge in [0.05, 0.1) is 10.7 Å². The SMILES string of the molecule is CC(=O)Nc1cc(OCC(=O)Oc2ccccc2)c(C)c(Cl)c1O. The van der Waals surface area contributed by atoms with Crippen molar-refractivity contribution in [3.8, 4) is 17.2 Å². The molecule has 6 nitrogen and oxygen atoms in total. The lowest BCUT2D eigenvalue weighted by Gasteiger charge is -2.14. The highest BCUT2D eigenvalue weighted by molar-refractivity contribution is 6.33. The van der Waals surface area contributed by atoms with Crippen LogP contribution in [0.1, 0.15) is 12.5 Å². The molecule has 0 aromatic heterocycles. The van der Waals surface area contributed by atoms with Crippen molar-refractivity contribution in [1.29, 1.82) is 0 Å². The molecule has 2 rings (SSSR count). The Balaban J connectivity index is 2.10. The average Bonchev–Trinajstić information content (AvgIpc) is 2.55. The number of carbonyl (C=O) groups excluding carboxylic acids is 2. The van der Waals surface area contributed by atoms with Gasteiger partial charge < -0.3 is 19.9 Å². The van der Waals surface area contributed by atoms with Gasteiger partial charge in [-0.05, 0) is 19.1 Å². The van der Waals surface area contributed by atoms with Gasteiger partial charge in [0.1, 0.15) is 11.5 Å². The fraction of sp³-hybridized carbons (Fsp3) is 0.176. The number of para-hydroxylation sites is 1. The Labute approximate surface area is 144 Å². The first-order valence-corrected chi connectivity index (χ1v) is 7.44. The van der Waals surface area contributed by atoms with Gasteiger partial charge in [-0.2, -0.15) is 0 Å². The third kappa shape index (κ3) is 4.39. The molecule has 0 atom stereocenters. The maximum atomic E-state index is 11.8. The van der Waals surface area contributed by atoms with Crippen LogP contribution >= 0.6 is 11.6 Å². The first kappa shape index (κ1) is 17.6. The summed E-state index contributed by atoms with van der Waals surface area (Å²) in [7, 11) is 0. The number of anilines is 1. The maximum absolute atomic E-state index is 11.8. The largest absolute Gasteiger partial charge is 0.504 e. The van der Waals surface area contributed by atoms with E-state index in [-0.39, 0.29) is 34.7 Å². The molecule has 0 aliphatic carbocycles. The summed E-state index contributed by atoms with van der Waals surface area (Å²) in [6, 6.07) is 9.98. The summed E-state index contributed by atoms with van der Waals surface area (Å²) in [5.74, 6) is -0.564. The zero-order valence-electron chi connectivity index (χ0n) is 13.1. The van der Waals surface area contributed by atoms with Crippen molar-refractivity contribution in [2.75, 3.05) is 11.9 Å². The van der Waals surface area contributed by atoms with Crippen LogP contribution in [0.15, 0.2) is 36.4 Å². The number of ether oxygens (including phenoxy) is 2. The van der Waals surface area contributed by atoms with E-state index in [0.717, 1.165) is 0 Å². The molecule has 7 heteroatoms. The number of hydrogen-bond donors (Lipinski definition) is 2. The zero-order valence-corrected chi connectivity index (χ0v) is 13.9. The van der Waals surface area contributed by atoms with Crippen molar-refractivity contribution in [3.05, 3.63) is 47.0 Å². The molecule has 2 aromatic rings. The number of benzene rings is 2. The smallest absolute Gasteiger partial charge is 0.349 e. The van der Waals surface area contributed by atoms with Crippen LogP contribution in [0.5, 0.6) is 17.2 Å². The van der Waals surface area contributed by atoms with Crippen molar-refractivity contribution in [2.24, 2.45) is 0 Å². The molecular weight excluding hydrogens is 334 g/mol. The summed E-state index contributed by atoms with van der Waals surface area (Å²) >= 11 is 6.02. The summed E-state index contributed by atoms with van der Waals surface area (Å²) in [5, 5.41) is 12.4. The monoisotopic (exact) mass is 349 g/mol. The number of rotatable bonds is 5. The van der Waals surface area contributed by atoms with Crippen molar-refractivity contribution in [3.63, 3.8) is 0 Å². The fourth-order valence-electron chi connectivity index (χ4n) is 1.93. The Hall–Kier alpha value is -2.73. The molecule has 0 spiro atoms. The molecule has 0 unspecified atom stereocenters. The molecule has 0 aliphatic rings. The van der Waals surface area contributed by atoms with Gasteiger partial charge in [0.25, 0.3) is 0 Å². The predicted molar refractivity (Wildman–Crippen MR) is 89.7 cm³/mol. The predicted octanol–water partition coefficient (Wildman–Crippen LogP) is 3.30. The Kier molecular flexibility index (Phi) is 5.65. The lowest BCUT2D eigenvalue weighted by Crippen LogP contribution is -2.18. The molecule has 1 amide bonds. The van der Waals surface area contributed by atoms with Gasteiger partial charge in [0.2, 0.25) is 5.91 Å². The quantitative estimate of drug-likeness (QED) is 0.491. The Bertz CT molecular complexity index is 761. The summed E-state index contributed by atoms with van der Waals surface area (Å²) in [4.78, 5) is 23.0. The second kappa shape index (κ2) is 7.70. The first-order valence-electron chi connectivity index (χ1n) is 7.06. The van der Waals surface area contributed by atoms with E-state index in [1.54, 1.807) is 37.3 Å². The van der Waals surface area contributed by atoms with Crippen LogP contribution in [0, 0.1) is 6.92 Å². The van der Waals surface area contributed by atoms with Gasteiger partial charge >= 0.3 is 5.97 Å². The standard InChI is InChI=1S/C17H16ClNO5/c1-10-14(8-13(19-11(2)20)17(22)16(10)18)23-9-15(21)24-12-6-4-3-5-7-12/h3-8,22H,9H2,1-2H3,(H,19,20). The van der Waals surface area contributed by atoms with Gasteiger partial charge in [-0.25, -0.2) is 4.79 Å². The van der Waals surface area contributed by atoms with Crippen molar-refractivity contribution >= 4 is 29.2 Å². The van der Waals surface area contributed by atoms with Crippen molar-refractivity contribution in [1.82, 2.24) is 0 Å². The highest BCUT2D eigenvalue weighted by atomic mass is 35.5. The minimum atomic E-state index is -0.592. The third-order valence-electron chi connectivity index (χ3n) is 3.07. The van der Waals surface area contributed by atoms with E-state index in [4.69, 9.17) is 21.1 Å². The molecular formula is C17H16ClNO5. The summed E-state index contributed by atoms with van der Waals surface area (Å²) in [5.41, 5.74) is 0.542. The maximum Gasteiger partial charge on any atom is 0.349 e. The van der Waals surface area contributed by atoms with Gasteiger partial charge in [-0.1, -0.05) is 29.8 Å². The van der Waals surface area contributed by atoms with Crippen LogP contribution in [0.25, 0.3) is 0 Å². The molecule has 0 aliphatic heterocycles. The lowest BCUT2D eigenvalue weighted by molar-refractivity contribution is -0.136. The fourth-order valence-corrected chi connectivity index (χ4v) is 2.13. The number of carbonyl (C=O) groups is 2. The Morgan fingerprint density at radius 1 is 1.25 bits per heavy atom. The van der Waals surface area contributed by atoms with Crippen LogP contribution in [-0.2, 0) is 9.59 Å². The Morgan fingerprint density at radius 3 is 2.54 bits per heavy atom. The highest BCUT2D eigenvalue weighted by Gasteiger charge is 2.16. The van der Waals surface area contributed by atoms with E-state index < -0.39 is 5.97 Å². The Morgan fingerprint density at radius 2 is 1.92 bits per heavy atom. The molecule has 126 valence electrons. The van der Waals surface area contributed by atoms with Crippen LogP contribution < -0.4 is 14.8 Å². The molecule has 0 heterocycles. The number of nitrogens with one attached hydrogen (secondary N) is 1. The number of phenolic OH excluding ortho intramolecular Hbond substituents is 1. The summed E-state index contributed by atoms with van der Waals surface area (Å²) in [6.45, 7) is 2.57. The van der Waals surface area contributed by atoms with E-state index in [0.29, 0.717) is 11.3 Å². The minimum absolute atomic E-state index is 0.0349. The number of phenols is 1. The normalized spacial score (nSPS) is 10.1. The molecule has 24 heavy (non-hydrogen) atoms. The van der Waals surface area contributed by atoms with Crippen LogP contribution in [0.4, 0.5) is 5.69 Å². The minimum Gasteiger partial charge on any atom is -0.504 e. The van der Waals surface area contributed by atoms with Crippen LogP contribution in [0.2, 0.25) is 5.02 Å². The van der Waals surface area contributed by atoms with Gasteiger partial charge in [-0.3, -0.25) is 4.79 Å². The van der Waals surface area contributed by atoms with Gasteiger partial charge in [0, 0.05) is 18.6 Å². The highest BCUT2D eigenvalue weighted by Crippen LogP contribution is 2.40. The van der Waals surface area contributed by atoms with Crippen LogP contribution in [-0.4, -0.2) is 23.6 Å². The molecule has 0 fully saturated rings. The molecule has 0 bridgehead atoms. The average molecular weight is 350 g/mol. The van der Waals surface area contributed by atoms with Crippen molar-refractivity contribution in [2.45, 2.75) is 13.8 Å². The molecule has 0 saturated carbocycles. The molecule has 2 N–H and O–H groups in total. The third-order valence-corrected chi connectivity index (χ3v) is 3.53. The van der Waals surface area contributed by atoms with E-state index in [1.807, 2.05) is 0 Å². The van der Waals surface area contributed by atoms with Gasteiger partial charge in [-0.15, -0.1) is 0 Å². The van der Waals surface area contributed by atoms with E-state index in [1.165, 1.54) is 13.0 Å². The van der Waals surface area contributed by atoms with E-state index in [2.05, 4.69) is 5.32 Å². The van der Waals surface area contributed by atoms with Crippen LogP contribution in [0.3, 0.4) is 0 Å². The summed E-state index contributed by atoms with van der Waals surface area (Å²) in [6.07, 6.45) is 0. The second-order valence-electron chi connectivity index (χ2n) is 4.97. The molecule has 0 radical (unpaired) electrons. The van der Waals surface area contributed by atoms with E-state index in [9.17, 15) is 14.7 Å². The summed E-state index contributed by atoms with van der Waals surface area (Å²) < 4.78 is 10.5. The van der Waals surface area contributed by atoms with E-state index >= 15 is 0 Å². The van der Waals surface area contributed by atoms with Gasteiger partial charge in [0.15, 0.2) is 12.4 Å². The van der Waals surface area contributed by atoms with Crippen molar-refractivity contribution < 1.29 is 24.2 Å². The number of esters is 1.